The van der Waals surface area contributed by atoms with Crippen molar-refractivity contribution in [2.75, 3.05) is 0 Å². The molecule has 0 fully saturated rings. The first-order valence-electron chi connectivity index (χ1n) is 8.94. The van der Waals surface area contributed by atoms with Crippen molar-refractivity contribution in [1.29, 1.82) is 0 Å². The maximum absolute atomic E-state index is 12.3. The number of benzene rings is 3. The van der Waals surface area contributed by atoms with Gasteiger partial charge in [-0.05, 0) is 55.0 Å². The van der Waals surface area contributed by atoms with Gasteiger partial charge >= 0.3 is 10.1 Å². The molecule has 0 radical (unpaired) electrons. The van der Waals surface area contributed by atoms with E-state index in [1.54, 1.807) is 24.3 Å². The molecule has 1 N–H and O–H groups in total. The molecule has 0 saturated carbocycles. The number of hydrogen-bond donors (Lipinski definition) is 1. The van der Waals surface area contributed by atoms with Gasteiger partial charge in [0.25, 0.3) is 11.6 Å². The highest BCUT2D eigenvalue weighted by Gasteiger charge is 2.16. The molecule has 10 heteroatoms. The standard InChI is InChI=1S/C21H17N3O6S/c1-15-5-11-20(12-6-15)31(28,29)30-19-9-7-16(8-10-19)14-22-23-21(25)17-3-2-4-18(13-17)24(26)27/h2-14H,1H3,(H,23,25)/b22-14-. The zero-order valence-corrected chi connectivity index (χ0v) is 17.1. The van der Waals surface area contributed by atoms with Crippen molar-refractivity contribution in [1.82, 2.24) is 5.43 Å². The monoisotopic (exact) mass is 439 g/mol. The second kappa shape index (κ2) is 9.18. The van der Waals surface area contributed by atoms with Gasteiger partial charge in [-0.15, -0.1) is 0 Å². The number of hydrogen-bond acceptors (Lipinski definition) is 7. The molecule has 9 nitrogen and oxygen atoms in total. The average molecular weight is 439 g/mol. The van der Waals surface area contributed by atoms with Crippen LogP contribution in [0.25, 0.3) is 0 Å². The van der Waals surface area contributed by atoms with E-state index in [2.05, 4.69) is 10.5 Å². The molecule has 0 aromatic heterocycles. The highest BCUT2D eigenvalue weighted by atomic mass is 32.2. The summed E-state index contributed by atoms with van der Waals surface area (Å²) in [6, 6.07) is 17.6. The van der Waals surface area contributed by atoms with Crippen LogP contribution in [-0.4, -0.2) is 25.5 Å². The molecular formula is C21H17N3O6S. The molecule has 1 amide bonds. The smallest absolute Gasteiger partial charge is 0.339 e. The fourth-order valence-electron chi connectivity index (χ4n) is 2.48. The third kappa shape index (κ3) is 5.73. The van der Waals surface area contributed by atoms with E-state index in [0.717, 1.165) is 11.6 Å². The van der Waals surface area contributed by atoms with Crippen molar-refractivity contribution < 1.29 is 22.3 Å². The van der Waals surface area contributed by atoms with Crippen molar-refractivity contribution >= 4 is 27.9 Å². The van der Waals surface area contributed by atoms with Gasteiger partial charge in [-0.1, -0.05) is 23.8 Å². The van der Waals surface area contributed by atoms with Crippen LogP contribution in [0, 0.1) is 17.0 Å². The Morgan fingerprint density at radius 2 is 1.74 bits per heavy atom. The number of aryl methyl sites for hydroxylation is 1. The highest BCUT2D eigenvalue weighted by molar-refractivity contribution is 7.87. The molecule has 0 aliphatic heterocycles. The van der Waals surface area contributed by atoms with Gasteiger partial charge in [0.15, 0.2) is 0 Å². The molecule has 0 unspecified atom stereocenters. The zero-order valence-electron chi connectivity index (χ0n) is 16.3. The lowest BCUT2D eigenvalue weighted by Crippen LogP contribution is -2.17. The first-order chi connectivity index (χ1) is 14.7. The summed E-state index contributed by atoms with van der Waals surface area (Å²) in [6.07, 6.45) is 1.34. The average Bonchev–Trinajstić information content (AvgIpc) is 2.75. The molecule has 0 aliphatic carbocycles. The number of carbonyl (C=O) groups excluding carboxylic acids is 1. The normalized spacial score (nSPS) is 11.3. The van der Waals surface area contributed by atoms with E-state index in [1.165, 1.54) is 48.7 Å². The summed E-state index contributed by atoms with van der Waals surface area (Å²) in [5.41, 5.74) is 3.67. The summed E-state index contributed by atoms with van der Waals surface area (Å²) in [6.45, 7) is 1.85. The number of hydrazone groups is 1. The minimum absolute atomic E-state index is 0.0487. The molecule has 3 aromatic carbocycles. The van der Waals surface area contributed by atoms with Gasteiger partial charge in [-0.3, -0.25) is 14.9 Å². The molecule has 3 rings (SSSR count). The number of non-ortho nitro benzene ring substituents is 1. The predicted molar refractivity (Wildman–Crippen MR) is 114 cm³/mol. The van der Waals surface area contributed by atoms with Gasteiger partial charge in [0.1, 0.15) is 10.6 Å². The number of nitro benzene ring substituents is 1. The molecule has 0 atom stereocenters. The van der Waals surface area contributed by atoms with Gasteiger partial charge in [-0.25, -0.2) is 5.43 Å². The molecule has 31 heavy (non-hydrogen) atoms. The number of nitro groups is 1. The van der Waals surface area contributed by atoms with Crippen molar-refractivity contribution in [3.63, 3.8) is 0 Å². The molecule has 158 valence electrons. The van der Waals surface area contributed by atoms with Crippen LogP contribution in [0.1, 0.15) is 21.5 Å². The lowest BCUT2D eigenvalue weighted by molar-refractivity contribution is -0.384. The second-order valence-electron chi connectivity index (χ2n) is 6.43. The third-order valence-electron chi connectivity index (χ3n) is 4.09. The third-order valence-corrected chi connectivity index (χ3v) is 5.36. The maximum atomic E-state index is 12.3. The molecular weight excluding hydrogens is 422 g/mol. The van der Waals surface area contributed by atoms with E-state index in [-0.39, 0.29) is 21.9 Å². The van der Waals surface area contributed by atoms with Crippen LogP contribution in [0.4, 0.5) is 5.69 Å². The Kier molecular flexibility index (Phi) is 6.41. The summed E-state index contributed by atoms with van der Waals surface area (Å²) in [5, 5.41) is 14.6. The fraction of sp³-hybridized carbons (Fsp3) is 0.0476. The highest BCUT2D eigenvalue weighted by Crippen LogP contribution is 2.19. The minimum Gasteiger partial charge on any atom is -0.379 e. The number of nitrogens with one attached hydrogen (secondary N) is 1. The van der Waals surface area contributed by atoms with E-state index >= 15 is 0 Å². The van der Waals surface area contributed by atoms with Crippen molar-refractivity contribution in [3.8, 4) is 5.75 Å². The fourth-order valence-corrected chi connectivity index (χ4v) is 3.41. The van der Waals surface area contributed by atoms with E-state index in [1.807, 2.05) is 6.92 Å². The second-order valence-corrected chi connectivity index (χ2v) is 7.97. The van der Waals surface area contributed by atoms with Crippen molar-refractivity contribution in [2.24, 2.45) is 5.10 Å². The van der Waals surface area contributed by atoms with Gasteiger partial charge in [0.05, 0.1) is 11.1 Å². The number of carbonyl (C=O) groups is 1. The van der Waals surface area contributed by atoms with Crippen LogP contribution in [0.15, 0.2) is 82.8 Å². The Morgan fingerprint density at radius 3 is 2.39 bits per heavy atom. The lowest BCUT2D eigenvalue weighted by atomic mass is 10.2. The Labute approximate surface area is 178 Å². The minimum atomic E-state index is -3.95. The Balaban J connectivity index is 1.62. The Morgan fingerprint density at radius 1 is 1.06 bits per heavy atom. The number of nitrogens with zero attached hydrogens (tertiary/aromatic N) is 2. The number of rotatable bonds is 7. The van der Waals surface area contributed by atoms with Crippen molar-refractivity contribution in [3.05, 3.63) is 99.6 Å². The molecule has 0 saturated heterocycles. The van der Waals surface area contributed by atoms with E-state index in [0.29, 0.717) is 5.56 Å². The first kappa shape index (κ1) is 21.7. The van der Waals surface area contributed by atoms with E-state index in [9.17, 15) is 23.3 Å². The quantitative estimate of drug-likeness (QED) is 0.260. The predicted octanol–water partition coefficient (Wildman–Crippen LogP) is 3.43. The zero-order chi connectivity index (χ0) is 22.4. The number of amides is 1. The topological polar surface area (TPSA) is 128 Å². The summed E-state index contributed by atoms with van der Waals surface area (Å²) in [5.74, 6) is -0.484. The summed E-state index contributed by atoms with van der Waals surface area (Å²) in [7, 11) is -3.95. The Hall–Kier alpha value is -4.05. The van der Waals surface area contributed by atoms with Crippen LogP contribution in [-0.2, 0) is 10.1 Å². The van der Waals surface area contributed by atoms with Crippen LogP contribution < -0.4 is 9.61 Å². The van der Waals surface area contributed by atoms with Crippen LogP contribution in [0.2, 0.25) is 0 Å². The summed E-state index contributed by atoms with van der Waals surface area (Å²) >= 11 is 0. The van der Waals surface area contributed by atoms with Gasteiger partial charge in [-0.2, -0.15) is 13.5 Å². The molecule has 3 aromatic rings. The van der Waals surface area contributed by atoms with Gasteiger partial charge in [0.2, 0.25) is 0 Å². The van der Waals surface area contributed by atoms with Crippen LogP contribution in [0.3, 0.4) is 0 Å². The lowest BCUT2D eigenvalue weighted by Gasteiger charge is -2.07. The van der Waals surface area contributed by atoms with E-state index in [4.69, 9.17) is 4.18 Å². The maximum Gasteiger partial charge on any atom is 0.339 e. The molecule has 0 heterocycles. The SMILES string of the molecule is Cc1ccc(S(=O)(=O)Oc2ccc(/C=N\NC(=O)c3cccc([N+](=O)[O-])c3)cc2)cc1. The Bertz CT molecular complexity index is 1240. The summed E-state index contributed by atoms with van der Waals surface area (Å²) in [4.78, 5) is 22.3. The van der Waals surface area contributed by atoms with Crippen molar-refractivity contribution in [2.45, 2.75) is 11.8 Å². The summed E-state index contributed by atoms with van der Waals surface area (Å²) < 4.78 is 29.7. The van der Waals surface area contributed by atoms with Gasteiger partial charge in [0, 0.05) is 17.7 Å². The van der Waals surface area contributed by atoms with Crippen LogP contribution >= 0.6 is 0 Å². The van der Waals surface area contributed by atoms with Gasteiger partial charge < -0.3 is 4.18 Å². The van der Waals surface area contributed by atoms with E-state index < -0.39 is 20.9 Å². The first-order valence-corrected chi connectivity index (χ1v) is 10.3. The largest absolute Gasteiger partial charge is 0.379 e. The molecule has 0 spiro atoms. The molecule has 0 aliphatic rings. The molecule has 0 bridgehead atoms. The van der Waals surface area contributed by atoms with Crippen LogP contribution in [0.5, 0.6) is 5.75 Å².